The Balaban J connectivity index is 1.76. The number of nitrogens with zero attached hydrogens (tertiary/aromatic N) is 1. The van der Waals surface area contributed by atoms with Gasteiger partial charge in [-0.05, 0) is 58.1 Å². The van der Waals surface area contributed by atoms with Crippen molar-refractivity contribution in [2.24, 2.45) is 5.92 Å². The average Bonchev–Trinajstić information content (AvgIpc) is 3.18. The van der Waals surface area contributed by atoms with E-state index in [9.17, 15) is 4.79 Å². The molecule has 0 spiro atoms. The van der Waals surface area contributed by atoms with Gasteiger partial charge in [-0.15, -0.1) is 0 Å². The molecule has 1 aromatic heterocycles. The molecule has 1 aliphatic heterocycles. The molecular weight excluding hydrogens is 265 g/mol. The van der Waals surface area contributed by atoms with Crippen LogP contribution in [0.25, 0.3) is 0 Å². The molecule has 0 atom stereocenters. The van der Waals surface area contributed by atoms with Crippen molar-refractivity contribution in [3.63, 3.8) is 0 Å². The Labute approximate surface area is 126 Å². The molecule has 2 fully saturated rings. The fraction of sp³-hybridized carbons (Fsp3) is 0.625. The van der Waals surface area contributed by atoms with Crippen molar-refractivity contribution in [2.45, 2.75) is 58.2 Å². The molecule has 1 saturated carbocycles. The Morgan fingerprint density at radius 2 is 1.90 bits per heavy atom. The first kappa shape index (κ1) is 14.7. The second-order valence-corrected chi connectivity index (χ2v) is 7.09. The average molecular weight is 287 g/mol. The maximum Gasteiger partial charge on any atom is 0.494 e. The number of aromatic nitrogens is 1. The lowest BCUT2D eigenvalue weighted by Crippen LogP contribution is -2.41. The first-order chi connectivity index (χ1) is 9.78. The summed E-state index contributed by atoms with van der Waals surface area (Å²) in [6.07, 6.45) is 4.22. The summed E-state index contributed by atoms with van der Waals surface area (Å²) in [4.78, 5) is 16.2. The topological polar surface area (TPSA) is 48.4 Å². The molecule has 1 aliphatic carbocycles. The van der Waals surface area contributed by atoms with Gasteiger partial charge in [-0.1, -0.05) is 0 Å². The molecule has 0 N–H and O–H groups in total. The molecule has 0 amide bonds. The van der Waals surface area contributed by atoms with Crippen LogP contribution in [0.1, 0.15) is 46.2 Å². The quantitative estimate of drug-likeness (QED) is 0.794. The van der Waals surface area contributed by atoms with Gasteiger partial charge in [-0.3, -0.25) is 9.78 Å². The lowest BCUT2D eigenvalue weighted by Gasteiger charge is -2.32. The van der Waals surface area contributed by atoms with Gasteiger partial charge in [0.05, 0.1) is 11.2 Å². The monoisotopic (exact) mass is 287 g/mol. The van der Waals surface area contributed by atoms with Crippen LogP contribution in [-0.4, -0.2) is 29.1 Å². The molecule has 0 bridgehead atoms. The van der Waals surface area contributed by atoms with Crippen LogP contribution in [0.3, 0.4) is 0 Å². The van der Waals surface area contributed by atoms with Gasteiger partial charge in [-0.2, -0.15) is 0 Å². The molecule has 0 radical (unpaired) electrons. The SMILES string of the molecule is CC1(C)OB(c2ccnc(CC(=O)C3CC3)c2)OC1(C)C. The molecule has 112 valence electrons. The van der Waals surface area contributed by atoms with Gasteiger partial charge < -0.3 is 9.31 Å². The molecule has 1 aromatic rings. The lowest BCUT2D eigenvalue weighted by molar-refractivity contribution is -0.119. The largest absolute Gasteiger partial charge is 0.494 e. The zero-order valence-corrected chi connectivity index (χ0v) is 13.2. The lowest BCUT2D eigenvalue weighted by atomic mass is 9.79. The number of hydrogen-bond donors (Lipinski definition) is 0. The number of Topliss-reactive ketones (excluding diaryl/α,β-unsaturated/α-hetero) is 1. The Bertz CT molecular complexity index is 550. The van der Waals surface area contributed by atoms with Crippen molar-refractivity contribution in [2.75, 3.05) is 0 Å². The van der Waals surface area contributed by atoms with Crippen molar-refractivity contribution in [3.8, 4) is 0 Å². The first-order valence-electron chi connectivity index (χ1n) is 7.62. The number of ketones is 1. The Morgan fingerprint density at radius 1 is 1.29 bits per heavy atom. The highest BCUT2D eigenvalue weighted by Crippen LogP contribution is 2.36. The smallest absolute Gasteiger partial charge is 0.399 e. The molecule has 3 rings (SSSR count). The van der Waals surface area contributed by atoms with E-state index in [2.05, 4.69) is 4.98 Å². The van der Waals surface area contributed by atoms with Crippen LogP contribution in [0.4, 0.5) is 0 Å². The molecule has 21 heavy (non-hydrogen) atoms. The molecule has 2 heterocycles. The van der Waals surface area contributed by atoms with E-state index < -0.39 is 7.12 Å². The molecule has 0 unspecified atom stereocenters. The normalized spacial score (nSPS) is 23.3. The number of pyridine rings is 1. The van der Waals surface area contributed by atoms with E-state index in [4.69, 9.17) is 9.31 Å². The van der Waals surface area contributed by atoms with E-state index in [1.54, 1.807) is 6.20 Å². The summed E-state index contributed by atoms with van der Waals surface area (Å²) in [7, 11) is -0.396. The number of hydrogen-bond acceptors (Lipinski definition) is 4. The summed E-state index contributed by atoms with van der Waals surface area (Å²) >= 11 is 0. The van der Waals surface area contributed by atoms with E-state index in [0.29, 0.717) is 12.2 Å². The maximum atomic E-state index is 11.9. The number of carbonyl (C=O) groups is 1. The van der Waals surface area contributed by atoms with E-state index in [0.717, 1.165) is 24.0 Å². The van der Waals surface area contributed by atoms with Crippen LogP contribution in [0, 0.1) is 5.92 Å². The number of carbonyl (C=O) groups excluding carboxylic acids is 1. The zero-order chi connectivity index (χ0) is 15.3. The van der Waals surface area contributed by atoms with Crippen LogP contribution in [0.5, 0.6) is 0 Å². The van der Waals surface area contributed by atoms with Gasteiger partial charge in [-0.25, -0.2) is 0 Å². The Hall–Kier alpha value is -1.20. The summed E-state index contributed by atoms with van der Waals surface area (Å²) in [5.74, 6) is 0.570. The van der Waals surface area contributed by atoms with Gasteiger partial charge in [0.25, 0.3) is 0 Å². The van der Waals surface area contributed by atoms with Crippen molar-refractivity contribution in [3.05, 3.63) is 24.0 Å². The molecule has 2 aliphatic rings. The predicted molar refractivity (Wildman–Crippen MR) is 81.4 cm³/mol. The highest BCUT2D eigenvalue weighted by molar-refractivity contribution is 6.62. The van der Waals surface area contributed by atoms with Crippen molar-refractivity contribution in [1.82, 2.24) is 4.98 Å². The van der Waals surface area contributed by atoms with Crippen LogP contribution >= 0.6 is 0 Å². The molecule has 4 nitrogen and oxygen atoms in total. The highest BCUT2D eigenvalue weighted by Gasteiger charge is 2.51. The van der Waals surface area contributed by atoms with Gasteiger partial charge in [0.15, 0.2) is 0 Å². The highest BCUT2D eigenvalue weighted by atomic mass is 16.7. The molecular formula is C16H22BNO3. The standard InChI is InChI=1S/C16H22BNO3/c1-15(2)16(3,4)21-17(20-15)12-7-8-18-13(9-12)10-14(19)11-5-6-11/h7-9,11H,5-6,10H2,1-4H3. The van der Waals surface area contributed by atoms with Gasteiger partial charge in [0.2, 0.25) is 0 Å². The summed E-state index contributed by atoms with van der Waals surface area (Å²) in [5, 5.41) is 0. The zero-order valence-electron chi connectivity index (χ0n) is 13.2. The minimum Gasteiger partial charge on any atom is -0.399 e. The Morgan fingerprint density at radius 3 is 2.48 bits per heavy atom. The molecule has 0 aromatic carbocycles. The predicted octanol–water partition coefficient (Wildman–Crippen LogP) is 1.90. The van der Waals surface area contributed by atoms with Crippen LogP contribution in [-0.2, 0) is 20.5 Å². The van der Waals surface area contributed by atoms with E-state index in [1.807, 2.05) is 39.8 Å². The van der Waals surface area contributed by atoms with Gasteiger partial charge >= 0.3 is 7.12 Å². The van der Waals surface area contributed by atoms with Crippen LogP contribution < -0.4 is 5.46 Å². The minimum absolute atomic E-state index is 0.271. The summed E-state index contributed by atoms with van der Waals surface area (Å²) in [6.45, 7) is 8.13. The minimum atomic E-state index is -0.396. The summed E-state index contributed by atoms with van der Waals surface area (Å²) < 4.78 is 12.1. The van der Waals surface area contributed by atoms with Crippen LogP contribution in [0.2, 0.25) is 0 Å². The van der Waals surface area contributed by atoms with Gasteiger partial charge in [0.1, 0.15) is 5.78 Å². The molecule has 1 saturated heterocycles. The van der Waals surface area contributed by atoms with E-state index in [1.165, 1.54) is 0 Å². The maximum absolute atomic E-state index is 11.9. The van der Waals surface area contributed by atoms with Crippen molar-refractivity contribution in [1.29, 1.82) is 0 Å². The fourth-order valence-corrected chi connectivity index (χ4v) is 2.45. The number of rotatable bonds is 4. The van der Waals surface area contributed by atoms with Crippen molar-refractivity contribution < 1.29 is 14.1 Å². The Kier molecular flexibility index (Phi) is 3.45. The third kappa shape index (κ3) is 2.90. The van der Waals surface area contributed by atoms with E-state index in [-0.39, 0.29) is 17.1 Å². The molecule has 5 heteroatoms. The summed E-state index contributed by atoms with van der Waals surface area (Å²) in [6, 6.07) is 3.83. The second-order valence-electron chi connectivity index (χ2n) is 7.09. The van der Waals surface area contributed by atoms with E-state index >= 15 is 0 Å². The third-order valence-corrected chi connectivity index (χ3v) is 4.75. The van der Waals surface area contributed by atoms with Crippen molar-refractivity contribution >= 4 is 18.4 Å². The third-order valence-electron chi connectivity index (χ3n) is 4.75. The summed E-state index contributed by atoms with van der Waals surface area (Å²) in [5.41, 5.74) is 1.02. The van der Waals surface area contributed by atoms with Gasteiger partial charge in [0, 0.05) is 24.2 Å². The second kappa shape index (κ2) is 4.92. The van der Waals surface area contributed by atoms with Crippen LogP contribution in [0.15, 0.2) is 18.3 Å². The fourth-order valence-electron chi connectivity index (χ4n) is 2.45. The first-order valence-corrected chi connectivity index (χ1v) is 7.62.